The predicted octanol–water partition coefficient (Wildman–Crippen LogP) is 1.47. The lowest BCUT2D eigenvalue weighted by molar-refractivity contribution is -0.159. The standard InChI is InChI=1S/C13H23NO3/c14-9-10-1-3-11(4-2-10)13(15)17-12-5-7-16-8-6-12/h10-12H,1-9,14H2. The molecule has 0 unspecified atom stereocenters. The van der Waals surface area contributed by atoms with Crippen LogP contribution in [0.5, 0.6) is 0 Å². The first-order chi connectivity index (χ1) is 8.29. The van der Waals surface area contributed by atoms with Crippen LogP contribution in [0.25, 0.3) is 0 Å². The van der Waals surface area contributed by atoms with Gasteiger partial charge in [0.2, 0.25) is 0 Å². The van der Waals surface area contributed by atoms with Gasteiger partial charge >= 0.3 is 5.97 Å². The second-order valence-corrected chi connectivity index (χ2v) is 5.20. The Hall–Kier alpha value is -0.610. The monoisotopic (exact) mass is 241 g/mol. The molecule has 0 bridgehead atoms. The summed E-state index contributed by atoms with van der Waals surface area (Å²) in [5.74, 6) is 0.732. The van der Waals surface area contributed by atoms with Gasteiger partial charge in [-0.15, -0.1) is 0 Å². The maximum absolute atomic E-state index is 12.0. The molecule has 0 spiro atoms. The molecule has 0 aromatic rings. The van der Waals surface area contributed by atoms with E-state index < -0.39 is 0 Å². The Balaban J connectivity index is 1.72. The summed E-state index contributed by atoms with van der Waals surface area (Å²) in [6.45, 7) is 2.19. The Bertz CT molecular complexity index is 243. The molecule has 1 aliphatic heterocycles. The molecule has 0 radical (unpaired) electrons. The second-order valence-electron chi connectivity index (χ2n) is 5.20. The molecule has 1 saturated heterocycles. The molecule has 0 atom stereocenters. The van der Waals surface area contributed by atoms with Gasteiger partial charge in [0.25, 0.3) is 0 Å². The average molecular weight is 241 g/mol. The van der Waals surface area contributed by atoms with Crippen molar-refractivity contribution in [3.63, 3.8) is 0 Å². The Morgan fingerprint density at radius 1 is 1.12 bits per heavy atom. The topological polar surface area (TPSA) is 61.6 Å². The van der Waals surface area contributed by atoms with E-state index >= 15 is 0 Å². The summed E-state index contributed by atoms with van der Waals surface area (Å²) in [5.41, 5.74) is 5.64. The van der Waals surface area contributed by atoms with E-state index in [2.05, 4.69) is 0 Å². The Morgan fingerprint density at radius 3 is 2.35 bits per heavy atom. The van der Waals surface area contributed by atoms with E-state index in [9.17, 15) is 4.79 Å². The van der Waals surface area contributed by atoms with Crippen LogP contribution >= 0.6 is 0 Å². The van der Waals surface area contributed by atoms with E-state index in [1.165, 1.54) is 0 Å². The first-order valence-electron chi connectivity index (χ1n) is 6.78. The lowest BCUT2D eigenvalue weighted by Crippen LogP contribution is -2.32. The van der Waals surface area contributed by atoms with Crippen molar-refractivity contribution < 1.29 is 14.3 Å². The number of ether oxygens (including phenoxy) is 2. The Labute approximate surface area is 103 Å². The van der Waals surface area contributed by atoms with Crippen LogP contribution in [0.4, 0.5) is 0 Å². The molecular formula is C13H23NO3. The van der Waals surface area contributed by atoms with Crippen LogP contribution in [0, 0.1) is 11.8 Å². The number of hydrogen-bond acceptors (Lipinski definition) is 4. The van der Waals surface area contributed by atoms with Gasteiger partial charge in [-0.05, 0) is 38.1 Å². The zero-order chi connectivity index (χ0) is 12.1. The van der Waals surface area contributed by atoms with Gasteiger partial charge in [-0.1, -0.05) is 0 Å². The lowest BCUT2D eigenvalue weighted by Gasteiger charge is -2.29. The summed E-state index contributed by atoms with van der Waals surface area (Å²) >= 11 is 0. The molecule has 0 amide bonds. The van der Waals surface area contributed by atoms with Crippen LogP contribution < -0.4 is 5.73 Å². The van der Waals surface area contributed by atoms with Crippen molar-refractivity contribution in [2.24, 2.45) is 17.6 Å². The lowest BCUT2D eigenvalue weighted by atomic mass is 9.82. The van der Waals surface area contributed by atoms with Gasteiger partial charge in [0.1, 0.15) is 6.10 Å². The summed E-state index contributed by atoms with van der Waals surface area (Å²) < 4.78 is 10.8. The van der Waals surface area contributed by atoms with E-state index in [0.717, 1.165) is 58.3 Å². The van der Waals surface area contributed by atoms with Gasteiger partial charge in [0.05, 0.1) is 19.1 Å². The number of esters is 1. The fraction of sp³-hybridized carbons (Fsp3) is 0.923. The highest BCUT2D eigenvalue weighted by Crippen LogP contribution is 2.29. The smallest absolute Gasteiger partial charge is 0.309 e. The highest BCUT2D eigenvalue weighted by Gasteiger charge is 2.28. The first-order valence-corrected chi connectivity index (χ1v) is 6.78. The van der Waals surface area contributed by atoms with E-state index in [0.29, 0.717) is 5.92 Å². The maximum atomic E-state index is 12.0. The van der Waals surface area contributed by atoms with Gasteiger partial charge in [-0.2, -0.15) is 0 Å². The SMILES string of the molecule is NCC1CCC(C(=O)OC2CCOCC2)CC1. The van der Waals surface area contributed by atoms with Crippen molar-refractivity contribution >= 4 is 5.97 Å². The van der Waals surface area contributed by atoms with Crippen LogP contribution in [-0.2, 0) is 14.3 Å². The molecule has 2 N–H and O–H groups in total. The largest absolute Gasteiger partial charge is 0.462 e. The minimum Gasteiger partial charge on any atom is -0.462 e. The predicted molar refractivity (Wildman–Crippen MR) is 64.4 cm³/mol. The molecule has 2 aliphatic rings. The van der Waals surface area contributed by atoms with Gasteiger partial charge in [-0.3, -0.25) is 4.79 Å². The van der Waals surface area contributed by atoms with Crippen molar-refractivity contribution in [2.75, 3.05) is 19.8 Å². The number of rotatable bonds is 3. The van der Waals surface area contributed by atoms with Crippen LogP contribution in [0.15, 0.2) is 0 Å². The molecule has 98 valence electrons. The van der Waals surface area contributed by atoms with Crippen LogP contribution in [0.2, 0.25) is 0 Å². The van der Waals surface area contributed by atoms with Gasteiger partial charge in [0, 0.05) is 12.8 Å². The molecule has 0 aromatic heterocycles. The van der Waals surface area contributed by atoms with E-state index in [4.69, 9.17) is 15.2 Å². The molecule has 4 nitrogen and oxygen atoms in total. The van der Waals surface area contributed by atoms with Gasteiger partial charge in [-0.25, -0.2) is 0 Å². The molecule has 1 aliphatic carbocycles. The van der Waals surface area contributed by atoms with Crippen molar-refractivity contribution in [3.05, 3.63) is 0 Å². The zero-order valence-electron chi connectivity index (χ0n) is 10.4. The Kier molecular flexibility index (Phi) is 4.80. The fourth-order valence-electron chi connectivity index (χ4n) is 2.69. The normalized spacial score (nSPS) is 31.1. The quantitative estimate of drug-likeness (QED) is 0.760. The first kappa shape index (κ1) is 12.8. The highest BCUT2D eigenvalue weighted by molar-refractivity contribution is 5.72. The van der Waals surface area contributed by atoms with Crippen LogP contribution in [0.3, 0.4) is 0 Å². The van der Waals surface area contributed by atoms with Crippen LogP contribution in [-0.4, -0.2) is 31.8 Å². The Morgan fingerprint density at radius 2 is 1.76 bits per heavy atom. The molecule has 1 saturated carbocycles. The minimum absolute atomic E-state index is 0.00683. The van der Waals surface area contributed by atoms with Crippen LogP contribution in [0.1, 0.15) is 38.5 Å². The molecule has 1 heterocycles. The second kappa shape index (κ2) is 6.36. The summed E-state index contributed by atoms with van der Waals surface area (Å²) in [6, 6.07) is 0. The number of hydrogen-bond donors (Lipinski definition) is 1. The molecule has 4 heteroatoms. The summed E-state index contributed by atoms with van der Waals surface area (Å²) in [6.07, 6.45) is 5.83. The van der Waals surface area contributed by atoms with Crippen molar-refractivity contribution in [1.82, 2.24) is 0 Å². The number of nitrogens with two attached hydrogens (primary N) is 1. The van der Waals surface area contributed by atoms with E-state index in [-0.39, 0.29) is 18.0 Å². The molecule has 2 fully saturated rings. The number of carbonyl (C=O) groups excluding carboxylic acids is 1. The third-order valence-electron chi connectivity index (χ3n) is 3.96. The summed E-state index contributed by atoms with van der Waals surface area (Å²) in [5, 5.41) is 0. The van der Waals surface area contributed by atoms with Gasteiger partial charge in [0.15, 0.2) is 0 Å². The van der Waals surface area contributed by atoms with E-state index in [1.54, 1.807) is 0 Å². The molecule has 17 heavy (non-hydrogen) atoms. The van der Waals surface area contributed by atoms with Crippen molar-refractivity contribution in [1.29, 1.82) is 0 Å². The highest BCUT2D eigenvalue weighted by atomic mass is 16.6. The number of carbonyl (C=O) groups is 1. The van der Waals surface area contributed by atoms with E-state index in [1.807, 2.05) is 0 Å². The van der Waals surface area contributed by atoms with Gasteiger partial charge < -0.3 is 15.2 Å². The van der Waals surface area contributed by atoms with Crippen molar-refractivity contribution in [2.45, 2.75) is 44.6 Å². The molecule has 2 rings (SSSR count). The zero-order valence-corrected chi connectivity index (χ0v) is 10.4. The third kappa shape index (κ3) is 3.68. The average Bonchev–Trinajstić information content (AvgIpc) is 2.40. The molecule has 0 aromatic carbocycles. The maximum Gasteiger partial charge on any atom is 0.309 e. The fourth-order valence-corrected chi connectivity index (χ4v) is 2.69. The minimum atomic E-state index is 0.00683. The summed E-state index contributed by atoms with van der Waals surface area (Å²) in [4.78, 5) is 12.0. The summed E-state index contributed by atoms with van der Waals surface area (Å²) in [7, 11) is 0. The van der Waals surface area contributed by atoms with Crippen molar-refractivity contribution in [3.8, 4) is 0 Å². The molecular weight excluding hydrogens is 218 g/mol. The third-order valence-corrected chi connectivity index (χ3v) is 3.96.